The summed E-state index contributed by atoms with van der Waals surface area (Å²) in [5.41, 5.74) is 2.82. The van der Waals surface area contributed by atoms with Crippen molar-refractivity contribution in [1.29, 1.82) is 0 Å². The normalized spacial score (nSPS) is 30.8. The van der Waals surface area contributed by atoms with Crippen molar-refractivity contribution in [3.05, 3.63) is 34.9 Å². The molecule has 1 saturated heterocycles. The van der Waals surface area contributed by atoms with E-state index < -0.39 is 12.0 Å². The quantitative estimate of drug-likeness (QED) is 0.514. The molecule has 2 heterocycles. The third-order valence-electron chi connectivity index (χ3n) is 8.94. The predicted molar refractivity (Wildman–Crippen MR) is 136 cm³/mol. The molecule has 4 aliphatic rings. The maximum Gasteiger partial charge on any atom is 0.255 e. The molecule has 3 amide bonds. The smallest absolute Gasteiger partial charge is 0.255 e. The molecule has 2 aliphatic heterocycles. The SMILES string of the molecule is CC(F)(F)CC1CCC(N[C@H]2CCCC[C@@H]2Cc2ccc3c(c2)CN(C2CCC(=O)NC2=O)C3=O)CC1. The molecule has 3 atom stereocenters. The van der Waals surface area contributed by atoms with E-state index in [-0.39, 0.29) is 36.5 Å². The van der Waals surface area contributed by atoms with Gasteiger partial charge in [-0.2, -0.15) is 0 Å². The van der Waals surface area contributed by atoms with E-state index in [1.54, 1.807) is 4.90 Å². The second-order valence-corrected chi connectivity index (χ2v) is 11.9. The maximum atomic E-state index is 13.4. The van der Waals surface area contributed by atoms with Gasteiger partial charge in [-0.25, -0.2) is 8.78 Å². The van der Waals surface area contributed by atoms with Gasteiger partial charge in [-0.05, 0) is 87.3 Å². The van der Waals surface area contributed by atoms with Crippen LogP contribution in [0.1, 0.15) is 99.0 Å². The van der Waals surface area contributed by atoms with E-state index in [0.717, 1.165) is 57.4 Å². The molecular weight excluding hydrogens is 476 g/mol. The van der Waals surface area contributed by atoms with Crippen LogP contribution in [0.15, 0.2) is 18.2 Å². The summed E-state index contributed by atoms with van der Waals surface area (Å²) in [6, 6.07) is 6.32. The Morgan fingerprint density at radius 1 is 1.03 bits per heavy atom. The largest absolute Gasteiger partial charge is 0.322 e. The van der Waals surface area contributed by atoms with Crippen LogP contribution in [0, 0.1) is 11.8 Å². The Bertz CT molecular complexity index is 1030. The van der Waals surface area contributed by atoms with Gasteiger partial charge in [0.2, 0.25) is 17.7 Å². The van der Waals surface area contributed by atoms with Crippen LogP contribution >= 0.6 is 0 Å². The van der Waals surface area contributed by atoms with Crippen LogP contribution in [0.4, 0.5) is 8.78 Å². The number of alkyl halides is 2. The highest BCUT2D eigenvalue weighted by Gasteiger charge is 2.39. The lowest BCUT2D eigenvalue weighted by atomic mass is 9.78. The summed E-state index contributed by atoms with van der Waals surface area (Å²) in [5, 5.41) is 6.27. The number of carbonyl (C=O) groups excluding carboxylic acids is 3. The molecule has 2 saturated carbocycles. The van der Waals surface area contributed by atoms with E-state index in [4.69, 9.17) is 0 Å². The fraction of sp³-hybridized carbons (Fsp3) is 0.690. The minimum Gasteiger partial charge on any atom is -0.322 e. The highest BCUT2D eigenvalue weighted by molar-refractivity contribution is 6.05. The number of hydrogen-bond donors (Lipinski definition) is 2. The fourth-order valence-corrected chi connectivity index (χ4v) is 7.07. The molecule has 0 spiro atoms. The van der Waals surface area contributed by atoms with Crippen molar-refractivity contribution in [2.24, 2.45) is 11.8 Å². The molecule has 1 aromatic carbocycles. The average Bonchev–Trinajstić information content (AvgIpc) is 3.16. The Morgan fingerprint density at radius 3 is 2.51 bits per heavy atom. The summed E-state index contributed by atoms with van der Waals surface area (Å²) in [5.74, 6) is -2.73. The molecule has 37 heavy (non-hydrogen) atoms. The van der Waals surface area contributed by atoms with E-state index in [9.17, 15) is 23.2 Å². The third kappa shape index (κ3) is 6.21. The Morgan fingerprint density at radius 2 is 1.78 bits per heavy atom. The lowest BCUT2D eigenvalue weighted by molar-refractivity contribution is -0.136. The number of hydrogen-bond acceptors (Lipinski definition) is 4. The van der Waals surface area contributed by atoms with Crippen molar-refractivity contribution in [2.45, 2.75) is 115 Å². The molecule has 0 bridgehead atoms. The second kappa shape index (κ2) is 10.8. The number of amides is 3. The van der Waals surface area contributed by atoms with Crippen molar-refractivity contribution < 1.29 is 23.2 Å². The summed E-state index contributed by atoms with van der Waals surface area (Å²) in [4.78, 5) is 38.5. The van der Waals surface area contributed by atoms with Gasteiger partial charge in [0, 0.05) is 37.0 Å². The Kier molecular flexibility index (Phi) is 7.66. The minimum atomic E-state index is -2.57. The summed E-state index contributed by atoms with van der Waals surface area (Å²) in [6.45, 7) is 1.44. The first kappa shape index (κ1) is 26.3. The number of nitrogens with zero attached hydrogens (tertiary/aromatic N) is 1. The van der Waals surface area contributed by atoms with Gasteiger partial charge >= 0.3 is 0 Å². The van der Waals surface area contributed by atoms with E-state index in [1.165, 1.54) is 18.4 Å². The fourth-order valence-electron chi connectivity index (χ4n) is 7.07. The molecule has 202 valence electrons. The number of rotatable bonds is 7. The van der Waals surface area contributed by atoms with Gasteiger partial charge in [-0.1, -0.05) is 25.0 Å². The van der Waals surface area contributed by atoms with Crippen LogP contribution < -0.4 is 10.6 Å². The topological polar surface area (TPSA) is 78.5 Å². The molecule has 1 aromatic rings. The Balaban J connectivity index is 1.19. The lowest BCUT2D eigenvalue weighted by Crippen LogP contribution is -2.52. The molecule has 2 aliphatic carbocycles. The zero-order valence-electron chi connectivity index (χ0n) is 21.7. The number of fused-ring (bicyclic) bond motifs is 1. The molecule has 1 unspecified atom stereocenters. The molecule has 0 aromatic heterocycles. The van der Waals surface area contributed by atoms with Crippen molar-refractivity contribution in [3.63, 3.8) is 0 Å². The Hall–Kier alpha value is -2.35. The number of halogens is 2. The Labute approximate surface area is 217 Å². The van der Waals surface area contributed by atoms with E-state index >= 15 is 0 Å². The van der Waals surface area contributed by atoms with Gasteiger partial charge in [0.1, 0.15) is 6.04 Å². The average molecular weight is 516 g/mol. The molecule has 8 heteroatoms. The van der Waals surface area contributed by atoms with Crippen LogP contribution in [-0.4, -0.2) is 46.7 Å². The first-order valence-electron chi connectivity index (χ1n) is 14.1. The van der Waals surface area contributed by atoms with E-state index in [2.05, 4.69) is 16.7 Å². The number of carbonyl (C=O) groups is 3. The second-order valence-electron chi connectivity index (χ2n) is 11.9. The summed E-state index contributed by atoms with van der Waals surface area (Å²) in [6.07, 6.45) is 10.0. The van der Waals surface area contributed by atoms with E-state index in [1.807, 2.05) is 12.1 Å². The van der Waals surface area contributed by atoms with Gasteiger partial charge in [0.05, 0.1) is 0 Å². The molecule has 5 rings (SSSR count). The monoisotopic (exact) mass is 515 g/mol. The van der Waals surface area contributed by atoms with E-state index in [0.29, 0.717) is 36.5 Å². The van der Waals surface area contributed by atoms with Crippen LogP contribution in [0.5, 0.6) is 0 Å². The molecule has 2 N–H and O–H groups in total. The predicted octanol–water partition coefficient (Wildman–Crippen LogP) is 4.74. The molecule has 0 radical (unpaired) electrons. The van der Waals surface area contributed by atoms with Crippen molar-refractivity contribution >= 4 is 17.7 Å². The third-order valence-corrected chi connectivity index (χ3v) is 8.94. The van der Waals surface area contributed by atoms with Gasteiger partial charge < -0.3 is 10.2 Å². The molecule has 3 fully saturated rings. The van der Waals surface area contributed by atoms with Gasteiger partial charge in [0.15, 0.2) is 0 Å². The minimum absolute atomic E-state index is 0.00752. The number of nitrogens with one attached hydrogen (secondary N) is 2. The van der Waals surface area contributed by atoms with Gasteiger partial charge in [-0.15, -0.1) is 0 Å². The standard InChI is InChI=1S/C29H39F2N3O3/c1-29(30,31)16-18-6-9-22(10-7-18)32-24-5-3-2-4-20(24)14-19-8-11-23-21(15-19)17-34(28(23)37)25-12-13-26(35)33-27(25)36/h8,11,15,18,20,22,24-25,32H,2-7,9-10,12-14,16-17H2,1H3,(H,33,35,36)/t18?,20-,22?,24+,25?/m1/s1. The van der Waals surface area contributed by atoms with Crippen molar-refractivity contribution in [3.8, 4) is 0 Å². The highest BCUT2D eigenvalue weighted by Crippen LogP contribution is 2.35. The summed E-state index contributed by atoms with van der Waals surface area (Å²) >= 11 is 0. The molecular formula is C29H39F2N3O3. The highest BCUT2D eigenvalue weighted by atomic mass is 19.3. The van der Waals surface area contributed by atoms with Crippen molar-refractivity contribution in [2.75, 3.05) is 0 Å². The zero-order valence-corrected chi connectivity index (χ0v) is 21.7. The van der Waals surface area contributed by atoms with Crippen LogP contribution in [0.25, 0.3) is 0 Å². The first-order valence-corrected chi connectivity index (χ1v) is 14.1. The molecule has 6 nitrogen and oxygen atoms in total. The van der Waals surface area contributed by atoms with Gasteiger partial charge in [-0.3, -0.25) is 19.7 Å². The van der Waals surface area contributed by atoms with Crippen LogP contribution in [-0.2, 0) is 22.6 Å². The summed E-state index contributed by atoms with van der Waals surface area (Å²) in [7, 11) is 0. The number of benzene rings is 1. The number of imide groups is 1. The number of piperidine rings is 1. The van der Waals surface area contributed by atoms with Crippen LogP contribution in [0.3, 0.4) is 0 Å². The van der Waals surface area contributed by atoms with Crippen molar-refractivity contribution in [1.82, 2.24) is 15.5 Å². The zero-order chi connectivity index (χ0) is 26.2. The van der Waals surface area contributed by atoms with Gasteiger partial charge in [0.25, 0.3) is 5.91 Å². The maximum absolute atomic E-state index is 13.4. The lowest BCUT2D eigenvalue weighted by Gasteiger charge is -2.38. The first-order chi connectivity index (χ1) is 17.7. The van der Waals surface area contributed by atoms with Crippen LogP contribution in [0.2, 0.25) is 0 Å². The summed E-state index contributed by atoms with van der Waals surface area (Å²) < 4.78 is 26.8.